The quantitative estimate of drug-likeness (QED) is 0.355. The van der Waals surface area contributed by atoms with Crippen molar-refractivity contribution >= 4 is 5.97 Å². The third kappa shape index (κ3) is 2.28. The molecule has 0 aromatic heterocycles. The lowest BCUT2D eigenvalue weighted by Gasteiger charge is -2.04. The molecule has 0 saturated heterocycles. The minimum absolute atomic E-state index is 0.206. The molecule has 2 nitrogen and oxygen atoms in total. The van der Waals surface area contributed by atoms with Crippen molar-refractivity contribution in [3.05, 3.63) is 24.3 Å². The zero-order valence-electron chi connectivity index (χ0n) is 6.69. The summed E-state index contributed by atoms with van der Waals surface area (Å²) >= 11 is 0. The smallest absolute Gasteiger partial charge is 0.316 e. The maximum absolute atomic E-state index is 11.1. The van der Waals surface area contributed by atoms with Crippen LogP contribution in [-0.4, -0.2) is 12.6 Å². The molecule has 0 atom stereocenters. The van der Waals surface area contributed by atoms with Crippen LogP contribution in [0.1, 0.15) is 6.42 Å². The predicted molar refractivity (Wildman–Crippen MR) is 46.2 cm³/mol. The highest BCUT2D eigenvalue weighted by Gasteiger charge is 2.14. The molecule has 0 aromatic rings. The van der Waals surface area contributed by atoms with Crippen LogP contribution in [0.15, 0.2) is 24.3 Å². The summed E-state index contributed by atoms with van der Waals surface area (Å²) in [5.74, 6) is 1.97. The molecule has 0 bridgehead atoms. The van der Waals surface area contributed by atoms with E-state index in [2.05, 4.69) is 5.92 Å². The first-order valence-corrected chi connectivity index (χ1v) is 3.79. The molecule has 0 unspecified atom stereocenters. The monoisotopic (exact) mass is 162 g/mol. The Morgan fingerprint density at radius 1 is 1.50 bits per heavy atom. The molecule has 2 heteroatoms. The highest BCUT2D eigenvalue weighted by Crippen LogP contribution is 2.10. The first-order valence-electron chi connectivity index (χ1n) is 3.79. The molecule has 0 N–H and O–H groups in total. The third-order valence-corrected chi connectivity index (χ3v) is 1.51. The van der Waals surface area contributed by atoms with Crippen molar-refractivity contribution in [2.24, 2.45) is 5.92 Å². The van der Waals surface area contributed by atoms with Crippen molar-refractivity contribution in [2.45, 2.75) is 6.42 Å². The number of rotatable bonds is 3. The van der Waals surface area contributed by atoms with Crippen LogP contribution in [0.2, 0.25) is 0 Å². The van der Waals surface area contributed by atoms with Crippen LogP contribution < -0.4 is 0 Å². The fourth-order valence-electron chi connectivity index (χ4n) is 0.896. The molecule has 0 spiro atoms. The summed E-state index contributed by atoms with van der Waals surface area (Å²) in [6, 6.07) is 0. The lowest BCUT2D eigenvalue weighted by Crippen LogP contribution is -2.13. The molecule has 0 aliphatic heterocycles. The van der Waals surface area contributed by atoms with Gasteiger partial charge in [0.05, 0.1) is 5.92 Å². The van der Waals surface area contributed by atoms with Crippen LogP contribution in [0.3, 0.4) is 0 Å². The zero-order chi connectivity index (χ0) is 8.81. The van der Waals surface area contributed by atoms with Gasteiger partial charge in [0.2, 0.25) is 0 Å². The van der Waals surface area contributed by atoms with Crippen LogP contribution in [0, 0.1) is 18.3 Å². The van der Waals surface area contributed by atoms with Gasteiger partial charge in [0.15, 0.2) is 0 Å². The van der Waals surface area contributed by atoms with E-state index in [9.17, 15) is 4.79 Å². The summed E-state index contributed by atoms with van der Waals surface area (Å²) < 4.78 is 4.88. The second-order valence-electron chi connectivity index (χ2n) is 2.42. The normalized spacial score (nSPS) is 14.6. The van der Waals surface area contributed by atoms with Gasteiger partial charge in [0, 0.05) is 6.42 Å². The summed E-state index contributed by atoms with van der Waals surface area (Å²) in [4.78, 5) is 11.1. The molecule has 0 radical (unpaired) electrons. The van der Waals surface area contributed by atoms with Crippen molar-refractivity contribution in [2.75, 3.05) is 6.61 Å². The van der Waals surface area contributed by atoms with E-state index in [1.807, 2.05) is 12.2 Å². The highest BCUT2D eigenvalue weighted by molar-refractivity contribution is 5.77. The number of allylic oxidation sites excluding steroid dienone is 2. The van der Waals surface area contributed by atoms with Gasteiger partial charge in [-0.05, 0) is 0 Å². The first kappa shape index (κ1) is 8.61. The summed E-state index contributed by atoms with van der Waals surface area (Å²) in [6.07, 6.45) is 12.7. The topological polar surface area (TPSA) is 26.3 Å². The number of hydrogen-bond acceptors (Lipinski definition) is 2. The molecule has 0 fully saturated rings. The number of carbonyl (C=O) groups is 1. The number of carbonyl (C=O) groups excluding carboxylic acids is 1. The second-order valence-corrected chi connectivity index (χ2v) is 2.42. The Morgan fingerprint density at radius 2 is 2.17 bits per heavy atom. The number of ether oxygens (including phenoxy) is 1. The van der Waals surface area contributed by atoms with E-state index in [1.54, 1.807) is 12.2 Å². The van der Waals surface area contributed by atoms with E-state index in [0.717, 1.165) is 0 Å². The maximum atomic E-state index is 11.1. The van der Waals surface area contributed by atoms with Crippen LogP contribution in [0.4, 0.5) is 0 Å². The molecule has 0 heterocycles. The second kappa shape index (κ2) is 4.40. The standard InChI is InChI=1S/C10H10O2/c1-2-3-8-12-10(11)9-6-4-5-7-9/h1,4-7,9H,3,8H2. The van der Waals surface area contributed by atoms with Gasteiger partial charge < -0.3 is 4.74 Å². The Bertz CT molecular complexity index is 244. The van der Waals surface area contributed by atoms with Gasteiger partial charge in [-0.3, -0.25) is 4.79 Å². The predicted octanol–water partition coefficient (Wildman–Crippen LogP) is 1.30. The molecule has 0 saturated carbocycles. The minimum Gasteiger partial charge on any atom is -0.464 e. The summed E-state index contributed by atoms with van der Waals surface area (Å²) in [6.45, 7) is 0.313. The Hall–Kier alpha value is -1.49. The SMILES string of the molecule is C#CCCOC(=O)C1C=CC=C1. The molecule has 1 aliphatic rings. The summed E-state index contributed by atoms with van der Waals surface area (Å²) in [5, 5.41) is 0. The lowest BCUT2D eigenvalue weighted by molar-refractivity contribution is -0.145. The average Bonchev–Trinajstić information content (AvgIpc) is 2.56. The van der Waals surface area contributed by atoms with Crippen molar-refractivity contribution in [3.8, 4) is 12.3 Å². The largest absolute Gasteiger partial charge is 0.464 e. The number of esters is 1. The number of hydrogen-bond donors (Lipinski definition) is 0. The van der Waals surface area contributed by atoms with Gasteiger partial charge in [0.1, 0.15) is 6.61 Å². The summed E-state index contributed by atoms with van der Waals surface area (Å²) in [5.41, 5.74) is 0. The van der Waals surface area contributed by atoms with Gasteiger partial charge in [-0.2, -0.15) is 0 Å². The van der Waals surface area contributed by atoms with E-state index >= 15 is 0 Å². The molecule has 0 amide bonds. The Kier molecular flexibility index (Phi) is 3.16. The minimum atomic E-state index is -0.227. The van der Waals surface area contributed by atoms with Gasteiger partial charge in [-0.1, -0.05) is 24.3 Å². The van der Waals surface area contributed by atoms with E-state index in [4.69, 9.17) is 11.2 Å². The molecule has 12 heavy (non-hydrogen) atoms. The van der Waals surface area contributed by atoms with E-state index in [-0.39, 0.29) is 11.9 Å². The first-order chi connectivity index (χ1) is 5.84. The highest BCUT2D eigenvalue weighted by atomic mass is 16.5. The molecule has 1 rings (SSSR count). The van der Waals surface area contributed by atoms with Gasteiger partial charge >= 0.3 is 5.97 Å². The molecular weight excluding hydrogens is 152 g/mol. The van der Waals surface area contributed by atoms with Crippen LogP contribution in [-0.2, 0) is 9.53 Å². The van der Waals surface area contributed by atoms with Crippen LogP contribution in [0.5, 0.6) is 0 Å². The Morgan fingerprint density at radius 3 is 2.75 bits per heavy atom. The zero-order valence-corrected chi connectivity index (χ0v) is 6.69. The van der Waals surface area contributed by atoms with Crippen molar-refractivity contribution in [3.63, 3.8) is 0 Å². The van der Waals surface area contributed by atoms with Gasteiger partial charge in [0.25, 0.3) is 0 Å². The van der Waals surface area contributed by atoms with Gasteiger partial charge in [-0.25, -0.2) is 0 Å². The Labute approximate surface area is 71.9 Å². The fourth-order valence-corrected chi connectivity index (χ4v) is 0.896. The molecule has 0 aromatic carbocycles. The molecule has 1 aliphatic carbocycles. The van der Waals surface area contributed by atoms with Gasteiger partial charge in [-0.15, -0.1) is 12.3 Å². The number of terminal acetylenes is 1. The van der Waals surface area contributed by atoms with Crippen LogP contribution in [0.25, 0.3) is 0 Å². The lowest BCUT2D eigenvalue weighted by atomic mass is 10.2. The maximum Gasteiger partial charge on any atom is 0.316 e. The van der Waals surface area contributed by atoms with Crippen molar-refractivity contribution < 1.29 is 9.53 Å². The fraction of sp³-hybridized carbons (Fsp3) is 0.300. The third-order valence-electron chi connectivity index (χ3n) is 1.51. The van der Waals surface area contributed by atoms with E-state index in [0.29, 0.717) is 13.0 Å². The summed E-state index contributed by atoms with van der Waals surface area (Å²) in [7, 11) is 0. The van der Waals surface area contributed by atoms with Crippen LogP contribution >= 0.6 is 0 Å². The Balaban J connectivity index is 2.25. The van der Waals surface area contributed by atoms with Crippen molar-refractivity contribution in [1.29, 1.82) is 0 Å². The van der Waals surface area contributed by atoms with E-state index in [1.165, 1.54) is 0 Å². The molecular formula is C10H10O2. The average molecular weight is 162 g/mol. The van der Waals surface area contributed by atoms with E-state index < -0.39 is 0 Å². The van der Waals surface area contributed by atoms with Crippen molar-refractivity contribution in [1.82, 2.24) is 0 Å². The molecule has 62 valence electrons.